The van der Waals surface area contributed by atoms with Crippen LogP contribution in [0.5, 0.6) is 5.75 Å². The first-order valence-corrected chi connectivity index (χ1v) is 6.53. The molecule has 5 heteroatoms. The number of rotatable bonds is 3. The summed E-state index contributed by atoms with van der Waals surface area (Å²) in [4.78, 5) is 8.78. The molecule has 0 amide bonds. The first kappa shape index (κ1) is 12.5. The van der Waals surface area contributed by atoms with E-state index in [2.05, 4.69) is 9.97 Å². The Bertz CT molecular complexity index is 746. The molecule has 0 saturated heterocycles. The molecule has 2 N–H and O–H groups in total. The van der Waals surface area contributed by atoms with Crippen LogP contribution < -0.4 is 10.5 Å². The van der Waals surface area contributed by atoms with Crippen molar-refractivity contribution in [2.45, 2.75) is 13.8 Å². The van der Waals surface area contributed by atoms with E-state index in [9.17, 15) is 0 Å². The van der Waals surface area contributed by atoms with Crippen molar-refractivity contribution in [3.63, 3.8) is 0 Å². The molecule has 20 heavy (non-hydrogen) atoms. The largest absolute Gasteiger partial charge is 0.494 e. The maximum atomic E-state index is 6.01. The Hall–Kier alpha value is -2.56. The molecular weight excluding hydrogens is 252 g/mol. The lowest BCUT2D eigenvalue weighted by Crippen LogP contribution is -2.01. The summed E-state index contributed by atoms with van der Waals surface area (Å²) in [7, 11) is 0. The molecular formula is C15H16N4O. The highest BCUT2D eigenvalue weighted by Crippen LogP contribution is 2.23. The minimum atomic E-state index is 0.433. The zero-order chi connectivity index (χ0) is 14.1. The molecule has 0 saturated carbocycles. The van der Waals surface area contributed by atoms with E-state index >= 15 is 0 Å². The summed E-state index contributed by atoms with van der Waals surface area (Å²) in [5.41, 5.74) is 9.56. The number of hydrogen-bond donors (Lipinski definition) is 1. The number of imidazole rings is 1. The predicted octanol–water partition coefficient (Wildman–Crippen LogP) is 2.71. The summed E-state index contributed by atoms with van der Waals surface area (Å²) in [6, 6.07) is 9.70. The van der Waals surface area contributed by atoms with Gasteiger partial charge in [-0.25, -0.2) is 9.97 Å². The second-order valence-corrected chi connectivity index (χ2v) is 4.59. The third-order valence-electron chi connectivity index (χ3n) is 3.07. The topological polar surface area (TPSA) is 66.0 Å². The van der Waals surface area contributed by atoms with Gasteiger partial charge in [0.15, 0.2) is 5.65 Å². The van der Waals surface area contributed by atoms with Gasteiger partial charge >= 0.3 is 0 Å². The predicted molar refractivity (Wildman–Crippen MR) is 79.2 cm³/mol. The minimum absolute atomic E-state index is 0.433. The maximum absolute atomic E-state index is 6.01. The van der Waals surface area contributed by atoms with Crippen LogP contribution in [0.3, 0.4) is 0 Å². The normalized spacial score (nSPS) is 10.9. The number of pyridine rings is 1. The number of nitrogen functional groups attached to an aromatic ring is 1. The standard InChI is InChI=1S/C15H16N4O/c1-3-20-12-6-4-11(5-7-12)19-14-13(18-15(19)16)8-10(2)9-17-14/h4-9H,3H2,1-2H3,(H2,16,18). The molecule has 0 atom stereocenters. The molecule has 5 nitrogen and oxygen atoms in total. The smallest absolute Gasteiger partial charge is 0.207 e. The van der Waals surface area contributed by atoms with Gasteiger partial charge in [-0.2, -0.15) is 0 Å². The van der Waals surface area contributed by atoms with E-state index in [1.54, 1.807) is 0 Å². The van der Waals surface area contributed by atoms with Gasteiger partial charge in [0.25, 0.3) is 0 Å². The van der Waals surface area contributed by atoms with Crippen LogP contribution in [0, 0.1) is 6.92 Å². The zero-order valence-corrected chi connectivity index (χ0v) is 11.5. The summed E-state index contributed by atoms with van der Waals surface area (Å²) >= 11 is 0. The van der Waals surface area contributed by atoms with Gasteiger partial charge in [0.1, 0.15) is 11.3 Å². The van der Waals surface area contributed by atoms with E-state index in [0.717, 1.165) is 28.2 Å². The number of nitrogens with two attached hydrogens (primary N) is 1. The van der Waals surface area contributed by atoms with Crippen molar-refractivity contribution in [3.05, 3.63) is 42.1 Å². The Morgan fingerprint density at radius 3 is 2.70 bits per heavy atom. The highest BCUT2D eigenvalue weighted by Gasteiger charge is 2.11. The monoisotopic (exact) mass is 268 g/mol. The average Bonchev–Trinajstić information content (AvgIpc) is 2.75. The molecule has 1 aromatic carbocycles. The molecule has 0 unspecified atom stereocenters. The Morgan fingerprint density at radius 2 is 2.00 bits per heavy atom. The Balaban J connectivity index is 2.11. The van der Waals surface area contributed by atoms with Crippen LogP contribution in [-0.2, 0) is 0 Å². The molecule has 0 aliphatic carbocycles. The van der Waals surface area contributed by atoms with Crippen molar-refractivity contribution in [3.8, 4) is 11.4 Å². The molecule has 0 bridgehead atoms. The van der Waals surface area contributed by atoms with Gasteiger partial charge in [-0.1, -0.05) is 0 Å². The van der Waals surface area contributed by atoms with E-state index in [1.165, 1.54) is 0 Å². The second-order valence-electron chi connectivity index (χ2n) is 4.59. The molecule has 3 aromatic rings. The van der Waals surface area contributed by atoms with Crippen molar-refractivity contribution >= 4 is 17.1 Å². The fourth-order valence-electron chi connectivity index (χ4n) is 2.20. The molecule has 0 fully saturated rings. The van der Waals surface area contributed by atoms with Gasteiger partial charge < -0.3 is 10.5 Å². The van der Waals surface area contributed by atoms with Crippen LogP contribution >= 0.6 is 0 Å². The van der Waals surface area contributed by atoms with Crippen LogP contribution in [0.2, 0.25) is 0 Å². The summed E-state index contributed by atoms with van der Waals surface area (Å²) in [6.45, 7) is 4.59. The SMILES string of the molecule is CCOc1ccc(-n2c(N)nc3cc(C)cnc32)cc1. The van der Waals surface area contributed by atoms with Crippen molar-refractivity contribution < 1.29 is 4.74 Å². The van der Waals surface area contributed by atoms with Crippen molar-refractivity contribution in [1.82, 2.24) is 14.5 Å². The van der Waals surface area contributed by atoms with Gasteiger partial charge in [-0.05, 0) is 49.7 Å². The number of aromatic nitrogens is 3. The van der Waals surface area contributed by atoms with Gasteiger partial charge in [0.05, 0.1) is 12.3 Å². The van der Waals surface area contributed by atoms with Crippen LogP contribution in [0.25, 0.3) is 16.9 Å². The average molecular weight is 268 g/mol. The van der Waals surface area contributed by atoms with Crippen LogP contribution in [0.4, 0.5) is 5.95 Å². The quantitative estimate of drug-likeness (QED) is 0.793. The third-order valence-corrected chi connectivity index (χ3v) is 3.07. The molecule has 0 aliphatic heterocycles. The summed E-state index contributed by atoms with van der Waals surface area (Å²) < 4.78 is 7.28. The van der Waals surface area contributed by atoms with Gasteiger partial charge in [0, 0.05) is 6.20 Å². The van der Waals surface area contributed by atoms with Crippen molar-refractivity contribution in [1.29, 1.82) is 0 Å². The van der Waals surface area contributed by atoms with Crippen molar-refractivity contribution in [2.75, 3.05) is 12.3 Å². The molecule has 2 heterocycles. The van der Waals surface area contributed by atoms with E-state index in [0.29, 0.717) is 12.6 Å². The maximum Gasteiger partial charge on any atom is 0.207 e. The van der Waals surface area contributed by atoms with E-state index in [-0.39, 0.29) is 0 Å². The van der Waals surface area contributed by atoms with E-state index in [1.807, 2.05) is 54.9 Å². The number of hydrogen-bond acceptors (Lipinski definition) is 4. The Labute approximate surface area is 117 Å². The molecule has 3 rings (SSSR count). The zero-order valence-electron chi connectivity index (χ0n) is 11.5. The number of fused-ring (bicyclic) bond motifs is 1. The first-order chi connectivity index (χ1) is 9.69. The third kappa shape index (κ3) is 2.07. The van der Waals surface area contributed by atoms with Crippen LogP contribution in [-0.4, -0.2) is 21.1 Å². The number of nitrogens with zero attached hydrogens (tertiary/aromatic N) is 3. The lowest BCUT2D eigenvalue weighted by molar-refractivity contribution is 0.340. The van der Waals surface area contributed by atoms with E-state index < -0.39 is 0 Å². The van der Waals surface area contributed by atoms with Crippen LogP contribution in [0.1, 0.15) is 12.5 Å². The van der Waals surface area contributed by atoms with Gasteiger partial charge in [-0.3, -0.25) is 4.57 Å². The number of aryl methyl sites for hydroxylation is 1. The Kier molecular flexibility index (Phi) is 3.02. The molecule has 2 aromatic heterocycles. The van der Waals surface area contributed by atoms with Gasteiger partial charge in [-0.15, -0.1) is 0 Å². The summed E-state index contributed by atoms with van der Waals surface area (Å²) in [5, 5.41) is 0. The summed E-state index contributed by atoms with van der Waals surface area (Å²) in [6.07, 6.45) is 1.81. The molecule has 0 spiro atoms. The van der Waals surface area contributed by atoms with Crippen LogP contribution in [0.15, 0.2) is 36.5 Å². The second kappa shape index (κ2) is 4.85. The molecule has 102 valence electrons. The number of anilines is 1. The van der Waals surface area contributed by atoms with Crippen molar-refractivity contribution in [2.24, 2.45) is 0 Å². The Morgan fingerprint density at radius 1 is 1.25 bits per heavy atom. The molecule has 0 aliphatic rings. The lowest BCUT2D eigenvalue weighted by Gasteiger charge is -2.07. The van der Waals surface area contributed by atoms with E-state index in [4.69, 9.17) is 10.5 Å². The highest BCUT2D eigenvalue weighted by atomic mass is 16.5. The fourth-order valence-corrected chi connectivity index (χ4v) is 2.20. The number of benzene rings is 1. The fraction of sp³-hybridized carbons (Fsp3) is 0.200. The summed E-state index contributed by atoms with van der Waals surface area (Å²) in [5.74, 6) is 1.27. The molecule has 0 radical (unpaired) electrons. The lowest BCUT2D eigenvalue weighted by atomic mass is 10.3. The minimum Gasteiger partial charge on any atom is -0.494 e. The highest BCUT2D eigenvalue weighted by molar-refractivity contribution is 5.77. The van der Waals surface area contributed by atoms with Gasteiger partial charge in [0.2, 0.25) is 5.95 Å². The first-order valence-electron chi connectivity index (χ1n) is 6.53. The number of ether oxygens (including phenoxy) is 1.